The third kappa shape index (κ3) is 3.93. The average molecular weight is 421 g/mol. The minimum atomic E-state index is -0.0913. The fourth-order valence-electron chi connectivity index (χ4n) is 3.78. The molecule has 0 bridgehead atoms. The highest BCUT2D eigenvalue weighted by molar-refractivity contribution is 9.10. The molecule has 2 unspecified atom stereocenters. The maximum absolute atomic E-state index is 13.1. The van der Waals surface area contributed by atoms with Gasteiger partial charge in [-0.1, -0.05) is 64.8 Å². The molecular formula is C21H23BrClNO. The number of aryl methyl sites for hydroxylation is 1. The first-order chi connectivity index (χ1) is 12.0. The van der Waals surface area contributed by atoms with Gasteiger partial charge in [-0.3, -0.25) is 4.79 Å². The van der Waals surface area contributed by atoms with Crippen molar-refractivity contribution in [3.63, 3.8) is 0 Å². The Morgan fingerprint density at radius 1 is 1.32 bits per heavy atom. The van der Waals surface area contributed by atoms with Crippen LogP contribution in [0, 0.1) is 5.92 Å². The molecule has 2 atom stereocenters. The van der Waals surface area contributed by atoms with E-state index in [1.54, 1.807) is 0 Å². The normalized spacial score (nSPS) is 17.2. The second-order valence-electron chi connectivity index (χ2n) is 6.72. The lowest BCUT2D eigenvalue weighted by Gasteiger charge is -2.31. The van der Waals surface area contributed by atoms with Crippen LogP contribution >= 0.6 is 27.5 Å². The maximum atomic E-state index is 13.1. The SMILES string of the molecule is CCN(C(=O)C(C)Cc1ccc(Br)cc1Cl)C1CCc2ccccc21. The number of nitrogens with zero attached hydrogens (tertiary/aromatic N) is 1. The summed E-state index contributed by atoms with van der Waals surface area (Å²) in [6.07, 6.45) is 2.73. The Balaban J connectivity index is 1.76. The lowest BCUT2D eigenvalue weighted by Crippen LogP contribution is -2.38. The highest BCUT2D eigenvalue weighted by Gasteiger charge is 2.32. The fourth-order valence-corrected chi connectivity index (χ4v) is 4.53. The summed E-state index contributed by atoms with van der Waals surface area (Å²) in [5.74, 6) is 0.120. The molecule has 2 aromatic carbocycles. The summed E-state index contributed by atoms with van der Waals surface area (Å²) in [6, 6.07) is 14.6. The third-order valence-electron chi connectivity index (χ3n) is 5.06. The van der Waals surface area contributed by atoms with Crippen LogP contribution in [0.25, 0.3) is 0 Å². The van der Waals surface area contributed by atoms with E-state index in [1.165, 1.54) is 11.1 Å². The van der Waals surface area contributed by atoms with E-state index in [0.717, 1.165) is 29.4 Å². The zero-order valence-corrected chi connectivity index (χ0v) is 17.0. The van der Waals surface area contributed by atoms with Crippen LogP contribution in [0.5, 0.6) is 0 Å². The van der Waals surface area contributed by atoms with Gasteiger partial charge in [-0.25, -0.2) is 0 Å². The van der Waals surface area contributed by atoms with Gasteiger partial charge in [-0.2, -0.15) is 0 Å². The van der Waals surface area contributed by atoms with Crippen molar-refractivity contribution in [2.45, 2.75) is 39.2 Å². The molecule has 1 amide bonds. The van der Waals surface area contributed by atoms with Crippen molar-refractivity contribution in [3.05, 3.63) is 68.7 Å². The number of hydrogen-bond acceptors (Lipinski definition) is 1. The maximum Gasteiger partial charge on any atom is 0.226 e. The molecular weight excluding hydrogens is 398 g/mol. The summed E-state index contributed by atoms with van der Waals surface area (Å²) < 4.78 is 0.956. The molecule has 0 saturated carbocycles. The van der Waals surface area contributed by atoms with Crippen LogP contribution < -0.4 is 0 Å². The average Bonchev–Trinajstić information content (AvgIpc) is 3.02. The van der Waals surface area contributed by atoms with Gasteiger partial charge in [0.05, 0.1) is 6.04 Å². The second-order valence-corrected chi connectivity index (χ2v) is 8.04. The Labute approximate surface area is 163 Å². The zero-order valence-electron chi connectivity index (χ0n) is 14.6. The van der Waals surface area contributed by atoms with Crippen molar-refractivity contribution >= 4 is 33.4 Å². The standard InChI is InChI=1S/C21H23BrClNO/c1-3-24(20-11-9-15-6-4-5-7-18(15)20)21(25)14(2)12-16-8-10-17(22)13-19(16)23/h4-8,10,13-14,20H,3,9,11-12H2,1-2H3. The van der Waals surface area contributed by atoms with Gasteiger partial charge >= 0.3 is 0 Å². The first-order valence-corrected chi connectivity index (χ1v) is 10.0. The molecule has 132 valence electrons. The van der Waals surface area contributed by atoms with Crippen molar-refractivity contribution in [1.82, 2.24) is 4.90 Å². The number of rotatable bonds is 5. The van der Waals surface area contributed by atoms with Gasteiger partial charge in [-0.15, -0.1) is 0 Å². The van der Waals surface area contributed by atoms with E-state index in [0.29, 0.717) is 11.4 Å². The number of carbonyl (C=O) groups is 1. The highest BCUT2D eigenvalue weighted by Crippen LogP contribution is 2.36. The molecule has 0 aromatic heterocycles. The molecule has 4 heteroatoms. The number of fused-ring (bicyclic) bond motifs is 1. The lowest BCUT2D eigenvalue weighted by atomic mass is 9.98. The summed E-state index contributed by atoms with van der Waals surface area (Å²) in [7, 11) is 0. The predicted octanol–water partition coefficient (Wildman–Crippen LogP) is 5.82. The number of benzene rings is 2. The minimum Gasteiger partial charge on any atom is -0.336 e. The van der Waals surface area contributed by atoms with Crippen molar-refractivity contribution in [3.8, 4) is 0 Å². The van der Waals surface area contributed by atoms with Crippen molar-refractivity contribution in [2.75, 3.05) is 6.54 Å². The van der Waals surface area contributed by atoms with Crippen LogP contribution in [-0.4, -0.2) is 17.4 Å². The van der Waals surface area contributed by atoms with Gasteiger partial charge in [0.25, 0.3) is 0 Å². The van der Waals surface area contributed by atoms with E-state index in [1.807, 2.05) is 30.0 Å². The summed E-state index contributed by atoms with van der Waals surface area (Å²) in [5.41, 5.74) is 3.71. The lowest BCUT2D eigenvalue weighted by molar-refractivity contribution is -0.137. The molecule has 1 aliphatic carbocycles. The van der Waals surface area contributed by atoms with Crippen molar-refractivity contribution in [1.29, 1.82) is 0 Å². The smallest absolute Gasteiger partial charge is 0.226 e. The van der Waals surface area contributed by atoms with Gasteiger partial charge in [-0.05, 0) is 55.0 Å². The molecule has 2 nitrogen and oxygen atoms in total. The monoisotopic (exact) mass is 419 g/mol. The summed E-state index contributed by atoms with van der Waals surface area (Å²) in [6.45, 7) is 4.80. The van der Waals surface area contributed by atoms with E-state index in [9.17, 15) is 4.79 Å². The van der Waals surface area contributed by atoms with Crippen LogP contribution in [0.15, 0.2) is 46.9 Å². The van der Waals surface area contributed by atoms with Crippen molar-refractivity contribution < 1.29 is 4.79 Å². The summed E-state index contributed by atoms with van der Waals surface area (Å²) in [5, 5.41) is 0.711. The minimum absolute atomic E-state index is 0.0913. The van der Waals surface area contributed by atoms with Crippen LogP contribution in [-0.2, 0) is 17.6 Å². The van der Waals surface area contributed by atoms with Crippen LogP contribution in [0.4, 0.5) is 0 Å². The summed E-state index contributed by atoms with van der Waals surface area (Å²) in [4.78, 5) is 15.2. The first-order valence-electron chi connectivity index (χ1n) is 8.83. The largest absolute Gasteiger partial charge is 0.336 e. The third-order valence-corrected chi connectivity index (χ3v) is 5.91. The number of amides is 1. The molecule has 0 fully saturated rings. The molecule has 0 heterocycles. The van der Waals surface area contributed by atoms with Gasteiger partial charge in [0.15, 0.2) is 0 Å². The van der Waals surface area contributed by atoms with E-state index in [-0.39, 0.29) is 17.9 Å². The highest BCUT2D eigenvalue weighted by atomic mass is 79.9. The van der Waals surface area contributed by atoms with E-state index < -0.39 is 0 Å². The molecule has 1 aliphatic rings. The van der Waals surface area contributed by atoms with E-state index >= 15 is 0 Å². The van der Waals surface area contributed by atoms with Crippen LogP contribution in [0.3, 0.4) is 0 Å². The summed E-state index contributed by atoms with van der Waals surface area (Å²) >= 11 is 9.76. The molecule has 0 N–H and O–H groups in total. The molecule has 3 rings (SSSR count). The van der Waals surface area contributed by atoms with Gasteiger partial charge in [0.1, 0.15) is 0 Å². The Morgan fingerprint density at radius 2 is 2.08 bits per heavy atom. The second kappa shape index (κ2) is 7.92. The van der Waals surface area contributed by atoms with Crippen LogP contribution in [0.2, 0.25) is 5.02 Å². The molecule has 0 radical (unpaired) electrons. The first kappa shape index (κ1) is 18.5. The van der Waals surface area contributed by atoms with Gasteiger partial charge < -0.3 is 4.90 Å². The number of carbonyl (C=O) groups excluding carboxylic acids is 1. The van der Waals surface area contributed by atoms with Gasteiger partial charge in [0, 0.05) is 22.0 Å². The molecule has 0 aliphatic heterocycles. The molecule has 0 spiro atoms. The molecule has 2 aromatic rings. The molecule has 25 heavy (non-hydrogen) atoms. The van der Waals surface area contributed by atoms with E-state index in [2.05, 4.69) is 47.1 Å². The Morgan fingerprint density at radius 3 is 2.80 bits per heavy atom. The van der Waals surface area contributed by atoms with Crippen molar-refractivity contribution in [2.24, 2.45) is 5.92 Å². The molecule has 0 saturated heterocycles. The van der Waals surface area contributed by atoms with E-state index in [4.69, 9.17) is 11.6 Å². The van der Waals surface area contributed by atoms with Crippen LogP contribution in [0.1, 0.15) is 43.0 Å². The fraction of sp³-hybridized carbons (Fsp3) is 0.381. The Bertz CT molecular complexity index is 776. The Hall–Kier alpha value is -1.32. The zero-order chi connectivity index (χ0) is 18.0. The predicted molar refractivity (Wildman–Crippen MR) is 107 cm³/mol. The van der Waals surface area contributed by atoms with Gasteiger partial charge in [0.2, 0.25) is 5.91 Å². The number of halogens is 2. The Kier molecular flexibility index (Phi) is 5.85. The number of hydrogen-bond donors (Lipinski definition) is 0. The quantitative estimate of drug-likeness (QED) is 0.597. The topological polar surface area (TPSA) is 20.3 Å².